The number of methoxy groups -OCH3 is 1. The molecule has 1 amide bonds. The van der Waals surface area contributed by atoms with Crippen LogP contribution in [0.2, 0.25) is 0 Å². The van der Waals surface area contributed by atoms with Crippen LogP contribution in [0.15, 0.2) is 24.3 Å². The summed E-state index contributed by atoms with van der Waals surface area (Å²) in [6, 6.07) is 6.73. The molecule has 2 aliphatic heterocycles. The van der Waals surface area contributed by atoms with Gasteiger partial charge in [-0.1, -0.05) is 13.0 Å². The molecule has 2 fully saturated rings. The van der Waals surface area contributed by atoms with Gasteiger partial charge in [0.25, 0.3) is 0 Å². The number of rotatable bonds is 3. The van der Waals surface area contributed by atoms with Crippen LogP contribution in [0, 0.1) is 5.82 Å². The van der Waals surface area contributed by atoms with E-state index in [1.54, 1.807) is 19.2 Å². The highest BCUT2D eigenvalue weighted by molar-refractivity contribution is 5.76. The van der Waals surface area contributed by atoms with E-state index >= 15 is 0 Å². The molecule has 0 aromatic heterocycles. The summed E-state index contributed by atoms with van der Waals surface area (Å²) in [6.07, 6.45) is 2.44. The highest BCUT2D eigenvalue weighted by Gasteiger charge is 2.55. The van der Waals surface area contributed by atoms with Crippen LogP contribution in [-0.2, 0) is 9.53 Å². The van der Waals surface area contributed by atoms with Gasteiger partial charge in [-0.2, -0.15) is 0 Å². The number of hydrogen-bond acceptors (Lipinski definition) is 3. The third kappa shape index (κ3) is 2.37. The molecule has 1 aromatic rings. The van der Waals surface area contributed by atoms with Gasteiger partial charge in [-0.25, -0.2) is 4.39 Å². The molecule has 2 heterocycles. The van der Waals surface area contributed by atoms with Crippen molar-refractivity contribution in [3.05, 3.63) is 30.1 Å². The van der Waals surface area contributed by atoms with Crippen molar-refractivity contribution >= 4 is 11.6 Å². The lowest BCUT2D eigenvalue weighted by Gasteiger charge is -2.61. The molecule has 0 bridgehead atoms. The number of benzene rings is 1. The van der Waals surface area contributed by atoms with Crippen LogP contribution in [-0.4, -0.2) is 49.2 Å². The van der Waals surface area contributed by atoms with Crippen molar-refractivity contribution in [2.75, 3.05) is 31.6 Å². The summed E-state index contributed by atoms with van der Waals surface area (Å²) in [6.45, 7) is 4.17. The van der Waals surface area contributed by atoms with Gasteiger partial charge in [0.15, 0.2) is 0 Å². The fourth-order valence-electron chi connectivity index (χ4n) is 3.84. The van der Waals surface area contributed by atoms with Crippen LogP contribution in [0.3, 0.4) is 0 Å². The van der Waals surface area contributed by atoms with Crippen molar-refractivity contribution in [2.24, 2.45) is 0 Å². The topological polar surface area (TPSA) is 32.8 Å². The molecule has 1 unspecified atom stereocenters. The van der Waals surface area contributed by atoms with Gasteiger partial charge < -0.3 is 14.5 Å². The first-order valence-electron chi connectivity index (χ1n) is 7.94. The van der Waals surface area contributed by atoms with Crippen LogP contribution in [0.1, 0.15) is 26.2 Å². The van der Waals surface area contributed by atoms with Gasteiger partial charge >= 0.3 is 0 Å². The predicted molar refractivity (Wildman–Crippen MR) is 83.4 cm³/mol. The van der Waals surface area contributed by atoms with Gasteiger partial charge in [0.1, 0.15) is 5.82 Å². The summed E-state index contributed by atoms with van der Waals surface area (Å²) in [5.41, 5.74) is 0.802. The third-order valence-electron chi connectivity index (χ3n) is 5.17. The largest absolute Gasteiger partial charge is 0.377 e. The Balaban J connectivity index is 1.79. The average molecular weight is 306 g/mol. The summed E-state index contributed by atoms with van der Waals surface area (Å²) in [5, 5.41) is 0. The number of amides is 1. The lowest BCUT2D eigenvalue weighted by molar-refractivity contribution is -0.134. The summed E-state index contributed by atoms with van der Waals surface area (Å²) in [5.74, 6) is -0.00689. The summed E-state index contributed by atoms with van der Waals surface area (Å²) < 4.78 is 19.2. The summed E-state index contributed by atoms with van der Waals surface area (Å²) in [4.78, 5) is 16.0. The highest BCUT2D eigenvalue weighted by Crippen LogP contribution is 2.44. The maximum absolute atomic E-state index is 13.5. The Kier molecular flexibility index (Phi) is 4.08. The molecular weight excluding hydrogens is 283 g/mol. The number of carbonyl (C=O) groups is 1. The van der Waals surface area contributed by atoms with Gasteiger partial charge in [0.05, 0.1) is 11.6 Å². The van der Waals surface area contributed by atoms with Crippen LogP contribution < -0.4 is 4.90 Å². The number of hydrogen-bond donors (Lipinski definition) is 0. The first-order chi connectivity index (χ1) is 10.6. The van der Waals surface area contributed by atoms with E-state index in [0.29, 0.717) is 6.42 Å². The van der Waals surface area contributed by atoms with E-state index < -0.39 is 0 Å². The van der Waals surface area contributed by atoms with Gasteiger partial charge in [0.2, 0.25) is 5.91 Å². The van der Waals surface area contributed by atoms with Crippen LogP contribution in [0.5, 0.6) is 0 Å². The SMILES string of the molecule is CCC(=O)N1CCC2(CC1)C(OC)CN2c1cccc(F)c1. The fourth-order valence-corrected chi connectivity index (χ4v) is 3.84. The van der Waals surface area contributed by atoms with Gasteiger partial charge in [-0.3, -0.25) is 4.79 Å². The second-order valence-corrected chi connectivity index (χ2v) is 6.15. The number of ether oxygens (including phenoxy) is 1. The van der Waals surface area contributed by atoms with Crippen LogP contribution in [0.4, 0.5) is 10.1 Å². The molecule has 1 atom stereocenters. The number of likely N-dealkylation sites (tertiary alicyclic amines) is 1. The highest BCUT2D eigenvalue weighted by atomic mass is 19.1. The van der Waals surface area contributed by atoms with E-state index in [9.17, 15) is 9.18 Å². The van der Waals surface area contributed by atoms with E-state index in [2.05, 4.69) is 4.90 Å². The molecule has 120 valence electrons. The monoisotopic (exact) mass is 306 g/mol. The molecule has 2 aliphatic rings. The maximum Gasteiger partial charge on any atom is 0.222 e. The lowest BCUT2D eigenvalue weighted by atomic mass is 9.73. The number of halogens is 1. The zero-order valence-electron chi connectivity index (χ0n) is 13.2. The number of anilines is 1. The first-order valence-corrected chi connectivity index (χ1v) is 7.94. The Morgan fingerprint density at radius 3 is 2.73 bits per heavy atom. The summed E-state index contributed by atoms with van der Waals surface area (Å²) in [7, 11) is 1.74. The Labute approximate surface area is 130 Å². The fraction of sp³-hybridized carbons (Fsp3) is 0.588. The lowest BCUT2D eigenvalue weighted by Crippen LogP contribution is -2.74. The normalized spacial score (nSPS) is 23.5. The molecule has 5 heteroatoms. The van der Waals surface area contributed by atoms with E-state index in [-0.39, 0.29) is 23.4 Å². The Morgan fingerprint density at radius 2 is 2.14 bits per heavy atom. The molecule has 1 aromatic carbocycles. The molecule has 0 N–H and O–H groups in total. The zero-order valence-corrected chi connectivity index (χ0v) is 13.2. The predicted octanol–water partition coefficient (Wildman–Crippen LogP) is 2.43. The number of piperidine rings is 1. The van der Waals surface area contributed by atoms with E-state index in [1.165, 1.54) is 6.07 Å². The molecule has 2 saturated heterocycles. The van der Waals surface area contributed by atoms with Gasteiger partial charge in [-0.05, 0) is 31.0 Å². The number of nitrogens with zero attached hydrogens (tertiary/aromatic N) is 2. The van der Waals surface area contributed by atoms with Crippen molar-refractivity contribution in [3.63, 3.8) is 0 Å². The average Bonchev–Trinajstić information content (AvgIpc) is 2.54. The molecule has 4 nitrogen and oxygen atoms in total. The van der Waals surface area contributed by atoms with Crippen molar-refractivity contribution < 1.29 is 13.9 Å². The molecule has 3 rings (SSSR count). The van der Waals surface area contributed by atoms with Crippen LogP contribution >= 0.6 is 0 Å². The summed E-state index contributed by atoms with van der Waals surface area (Å²) >= 11 is 0. The Morgan fingerprint density at radius 1 is 1.41 bits per heavy atom. The molecule has 0 saturated carbocycles. The molecule has 1 spiro atoms. The minimum atomic E-state index is -0.216. The minimum Gasteiger partial charge on any atom is -0.377 e. The van der Waals surface area contributed by atoms with Crippen molar-refractivity contribution in [2.45, 2.75) is 37.8 Å². The smallest absolute Gasteiger partial charge is 0.222 e. The molecule has 0 aliphatic carbocycles. The van der Waals surface area contributed by atoms with Gasteiger partial charge in [-0.15, -0.1) is 0 Å². The van der Waals surface area contributed by atoms with Crippen molar-refractivity contribution in [1.29, 1.82) is 0 Å². The number of carbonyl (C=O) groups excluding carboxylic acids is 1. The molecule has 22 heavy (non-hydrogen) atoms. The first kappa shape index (κ1) is 15.3. The van der Waals surface area contributed by atoms with Crippen molar-refractivity contribution in [1.82, 2.24) is 4.90 Å². The second-order valence-electron chi connectivity index (χ2n) is 6.15. The van der Waals surface area contributed by atoms with Crippen LogP contribution in [0.25, 0.3) is 0 Å². The zero-order chi connectivity index (χ0) is 15.7. The Hall–Kier alpha value is -1.62. The minimum absolute atomic E-state index is 0.104. The van der Waals surface area contributed by atoms with E-state index in [0.717, 1.165) is 38.2 Å². The standard InChI is InChI=1S/C17H23FN2O2/c1-3-16(21)19-9-7-17(8-10-19)15(22-2)12-20(17)14-6-4-5-13(18)11-14/h4-6,11,15H,3,7-10,12H2,1-2H3. The Bertz CT molecular complexity index is 555. The maximum atomic E-state index is 13.5. The van der Waals surface area contributed by atoms with E-state index in [4.69, 9.17) is 4.74 Å². The van der Waals surface area contributed by atoms with E-state index in [1.807, 2.05) is 17.9 Å². The molecular formula is C17H23FN2O2. The quantitative estimate of drug-likeness (QED) is 0.860. The molecule has 0 radical (unpaired) electrons. The van der Waals surface area contributed by atoms with Gasteiger partial charge in [0, 0.05) is 38.9 Å². The van der Waals surface area contributed by atoms with Crippen molar-refractivity contribution in [3.8, 4) is 0 Å². The third-order valence-corrected chi connectivity index (χ3v) is 5.17. The second kappa shape index (κ2) is 5.88.